The topological polar surface area (TPSA) is 15.5 Å². The third kappa shape index (κ3) is 6.80. The molecule has 4 aromatic rings. The van der Waals surface area contributed by atoms with Crippen LogP contribution in [0, 0.1) is 27.7 Å². The summed E-state index contributed by atoms with van der Waals surface area (Å²) < 4.78 is 9.17. The molecule has 4 aromatic heterocycles. The van der Waals surface area contributed by atoms with E-state index in [4.69, 9.17) is 0 Å². The van der Waals surface area contributed by atoms with Crippen LogP contribution in [0.4, 0.5) is 0 Å². The molecule has 0 aliphatic heterocycles. The van der Waals surface area contributed by atoms with Gasteiger partial charge < -0.3 is 0 Å². The van der Waals surface area contributed by atoms with Crippen molar-refractivity contribution in [1.29, 1.82) is 0 Å². The molecular formula is C30H38N4+4. The molecule has 0 spiro atoms. The van der Waals surface area contributed by atoms with Crippen molar-refractivity contribution in [2.45, 2.75) is 66.7 Å². The highest BCUT2D eigenvalue weighted by Crippen LogP contribution is 2.15. The number of hydrogen-bond donors (Lipinski definition) is 0. The monoisotopic (exact) mass is 454 g/mol. The third-order valence-corrected chi connectivity index (χ3v) is 6.17. The van der Waals surface area contributed by atoms with Crippen molar-refractivity contribution in [2.75, 3.05) is 0 Å². The van der Waals surface area contributed by atoms with Crippen molar-refractivity contribution >= 4 is 0 Å². The Morgan fingerprint density at radius 3 is 1.06 bits per heavy atom. The average molecular weight is 455 g/mol. The van der Waals surface area contributed by atoms with Crippen molar-refractivity contribution in [3.05, 3.63) is 108 Å². The first kappa shape index (κ1) is 23.7. The Labute approximate surface area is 204 Å². The van der Waals surface area contributed by atoms with Gasteiger partial charge in [-0.2, -0.15) is 0 Å². The van der Waals surface area contributed by atoms with Crippen LogP contribution in [0.3, 0.4) is 0 Å². The Kier molecular flexibility index (Phi) is 7.79. The second-order valence-corrected chi connectivity index (χ2v) is 9.61. The molecule has 174 valence electrons. The average Bonchev–Trinajstić information content (AvgIpc) is 2.79. The molecule has 4 heteroatoms. The number of pyridine rings is 4. The highest BCUT2D eigenvalue weighted by atomic mass is 15.0. The van der Waals surface area contributed by atoms with E-state index in [9.17, 15) is 0 Å². The lowest BCUT2D eigenvalue weighted by atomic mass is 10.1. The van der Waals surface area contributed by atoms with Crippen LogP contribution < -0.4 is 18.3 Å². The van der Waals surface area contributed by atoms with Gasteiger partial charge in [-0.3, -0.25) is 0 Å². The van der Waals surface area contributed by atoms with E-state index in [0.717, 1.165) is 39.0 Å². The maximum absolute atomic E-state index is 2.30. The van der Waals surface area contributed by atoms with Gasteiger partial charge in [0.1, 0.15) is 0 Å². The Morgan fingerprint density at radius 1 is 0.441 bits per heavy atom. The zero-order valence-corrected chi connectivity index (χ0v) is 21.1. The SMILES string of the molecule is Cc1cc(C)c[n+](CCC[n+]2ccc(-c3cc[n+](CCC[n+]4cc(C)cc(C)c4)cc3)cc2)c1. The Hall–Kier alpha value is -3.40. The van der Waals surface area contributed by atoms with Crippen molar-refractivity contribution in [2.24, 2.45) is 0 Å². The van der Waals surface area contributed by atoms with Crippen LogP contribution in [-0.2, 0) is 26.2 Å². The molecule has 0 bridgehead atoms. The first-order chi connectivity index (χ1) is 16.4. The fraction of sp³-hybridized carbons (Fsp3) is 0.333. The summed E-state index contributed by atoms with van der Waals surface area (Å²) in [6.45, 7) is 12.8. The van der Waals surface area contributed by atoms with E-state index in [1.165, 1.54) is 33.4 Å². The van der Waals surface area contributed by atoms with Crippen molar-refractivity contribution in [3.63, 3.8) is 0 Å². The second-order valence-electron chi connectivity index (χ2n) is 9.61. The van der Waals surface area contributed by atoms with Gasteiger partial charge in [-0.15, -0.1) is 0 Å². The van der Waals surface area contributed by atoms with Gasteiger partial charge in [-0.25, -0.2) is 18.3 Å². The molecule has 0 amide bonds. The summed E-state index contributed by atoms with van der Waals surface area (Å²) in [5, 5.41) is 0. The summed E-state index contributed by atoms with van der Waals surface area (Å²) >= 11 is 0. The molecule has 0 aliphatic carbocycles. The molecule has 4 heterocycles. The Balaban J connectivity index is 1.27. The highest BCUT2D eigenvalue weighted by molar-refractivity contribution is 5.60. The zero-order chi connectivity index (χ0) is 23.9. The Bertz CT molecular complexity index is 1090. The number of aromatic nitrogens is 4. The first-order valence-electron chi connectivity index (χ1n) is 12.4. The Morgan fingerprint density at radius 2 is 0.735 bits per heavy atom. The third-order valence-electron chi connectivity index (χ3n) is 6.17. The molecule has 0 aliphatic rings. The molecule has 4 rings (SSSR count). The van der Waals surface area contributed by atoms with Gasteiger partial charge in [0.2, 0.25) is 0 Å². The molecule has 0 saturated heterocycles. The molecule has 0 atom stereocenters. The predicted molar refractivity (Wildman–Crippen MR) is 134 cm³/mol. The predicted octanol–water partition coefficient (Wildman–Crippen LogP) is 3.92. The summed E-state index contributed by atoms with van der Waals surface area (Å²) in [6, 6.07) is 13.3. The minimum absolute atomic E-state index is 1.02. The number of rotatable bonds is 9. The smallest absolute Gasteiger partial charge is 0.171 e. The number of aryl methyl sites for hydroxylation is 8. The van der Waals surface area contributed by atoms with Gasteiger partial charge >= 0.3 is 0 Å². The number of nitrogens with zero attached hydrogens (tertiary/aromatic N) is 4. The van der Waals surface area contributed by atoms with E-state index in [2.05, 4.69) is 132 Å². The molecule has 4 nitrogen and oxygen atoms in total. The maximum Gasteiger partial charge on any atom is 0.171 e. The molecule has 34 heavy (non-hydrogen) atoms. The van der Waals surface area contributed by atoms with Crippen molar-refractivity contribution in [3.8, 4) is 11.1 Å². The summed E-state index contributed by atoms with van der Waals surface area (Å²) in [5.41, 5.74) is 7.81. The number of hydrogen-bond acceptors (Lipinski definition) is 0. The zero-order valence-electron chi connectivity index (χ0n) is 21.1. The van der Waals surface area contributed by atoms with E-state index in [0.29, 0.717) is 0 Å². The van der Waals surface area contributed by atoms with Crippen LogP contribution in [0.25, 0.3) is 11.1 Å². The molecule has 0 fully saturated rings. The molecule has 0 saturated carbocycles. The van der Waals surface area contributed by atoms with Crippen LogP contribution in [-0.4, -0.2) is 0 Å². The van der Waals surface area contributed by atoms with Crippen LogP contribution in [0.5, 0.6) is 0 Å². The van der Waals surface area contributed by atoms with E-state index in [1.807, 2.05) is 0 Å². The van der Waals surface area contributed by atoms with Crippen molar-refractivity contribution in [1.82, 2.24) is 0 Å². The first-order valence-corrected chi connectivity index (χ1v) is 12.4. The summed E-state index contributed by atoms with van der Waals surface area (Å²) in [6.07, 6.45) is 19.9. The van der Waals surface area contributed by atoms with E-state index in [1.54, 1.807) is 0 Å². The van der Waals surface area contributed by atoms with Gasteiger partial charge in [0, 0.05) is 46.5 Å². The minimum atomic E-state index is 1.02. The summed E-state index contributed by atoms with van der Waals surface area (Å²) in [4.78, 5) is 0. The van der Waals surface area contributed by atoms with Crippen LogP contribution >= 0.6 is 0 Å². The lowest BCUT2D eigenvalue weighted by molar-refractivity contribution is -0.727. The molecule has 0 aromatic carbocycles. The van der Waals surface area contributed by atoms with Gasteiger partial charge in [0.15, 0.2) is 75.8 Å². The second kappa shape index (κ2) is 11.1. The molecule has 0 radical (unpaired) electrons. The summed E-state index contributed by atoms with van der Waals surface area (Å²) in [7, 11) is 0. The van der Waals surface area contributed by atoms with Gasteiger partial charge in [-0.1, -0.05) is 0 Å². The normalized spacial score (nSPS) is 11.1. The largest absolute Gasteiger partial charge is 0.205 e. The standard InChI is InChI=1S/C30H38N4/c1-25-19-26(2)22-33(21-25)13-5-11-31-15-7-29(8-16-31)30-9-17-32(18-10-30)12-6-14-34-23-27(3)20-28(4)24-34/h7-10,15-24H,5-6,11-14H2,1-4H3/q+4. The molecule has 0 N–H and O–H groups in total. The van der Waals surface area contributed by atoms with Gasteiger partial charge in [0.05, 0.1) is 12.8 Å². The van der Waals surface area contributed by atoms with Crippen molar-refractivity contribution < 1.29 is 18.3 Å². The highest BCUT2D eigenvalue weighted by Gasteiger charge is 2.09. The van der Waals surface area contributed by atoms with Crippen LogP contribution in [0.2, 0.25) is 0 Å². The fourth-order valence-corrected chi connectivity index (χ4v) is 4.72. The summed E-state index contributed by atoms with van der Waals surface area (Å²) in [5.74, 6) is 0. The maximum atomic E-state index is 2.30. The van der Waals surface area contributed by atoms with E-state index in [-0.39, 0.29) is 0 Å². The molecule has 0 unspecified atom stereocenters. The van der Waals surface area contributed by atoms with Crippen LogP contribution in [0.1, 0.15) is 35.1 Å². The van der Waals surface area contributed by atoms with Gasteiger partial charge in [-0.05, 0) is 51.0 Å². The van der Waals surface area contributed by atoms with E-state index >= 15 is 0 Å². The molecular weight excluding hydrogens is 416 g/mol. The lowest BCUT2D eigenvalue weighted by Crippen LogP contribution is -2.39. The fourth-order valence-electron chi connectivity index (χ4n) is 4.72. The minimum Gasteiger partial charge on any atom is -0.205 e. The quantitative estimate of drug-likeness (QED) is 0.341. The van der Waals surface area contributed by atoms with E-state index < -0.39 is 0 Å². The lowest BCUT2D eigenvalue weighted by Gasteiger charge is -2.02. The van der Waals surface area contributed by atoms with Crippen LogP contribution in [0.15, 0.2) is 86.0 Å². The van der Waals surface area contributed by atoms with Gasteiger partial charge in [0.25, 0.3) is 0 Å².